The van der Waals surface area contributed by atoms with E-state index in [4.69, 9.17) is 5.11 Å². The van der Waals surface area contributed by atoms with Gasteiger partial charge in [-0.3, -0.25) is 28.8 Å². The van der Waals surface area contributed by atoms with Crippen LogP contribution in [0.3, 0.4) is 0 Å². The van der Waals surface area contributed by atoms with Crippen LogP contribution in [0.5, 0.6) is 0 Å². The zero-order valence-electron chi connectivity index (χ0n) is 26.4. The third kappa shape index (κ3) is 8.95. The van der Waals surface area contributed by atoms with Gasteiger partial charge in [0.05, 0.1) is 5.92 Å². The number of amides is 3. The Balaban J connectivity index is 1.74. The molecule has 5 N–H and O–H groups in total. The Kier molecular flexibility index (Phi) is 12.6. The Hall–Kier alpha value is -5.21. The summed E-state index contributed by atoms with van der Waals surface area (Å²) in [5, 5.41) is 29.5. The van der Waals surface area contributed by atoms with Gasteiger partial charge in [0.15, 0.2) is 17.6 Å². The zero-order chi connectivity index (χ0) is 34.8. The molecule has 15 heteroatoms. The standard InChI is InChI=1S/C32H39N5O10/c1-4-21(36-47)31(44)35-22(30(43)33-16-15-23(32(45)46)34-25(38)9-6-10-26(39)40)13-11-20-28(41)18-8-5-7-17-24(37(2)3)14-12-19(27(17)18)29(20)42/h5,7-8,12,14,20-23H,4,6,9-11,13,15-16H2,1-3H3,(H,33,43)(H,34,38)(H,35,44)(H,39,40)(H,45,46)/t20?,21-,22+,23+/m0/s1. The van der Waals surface area contributed by atoms with Gasteiger partial charge in [0.25, 0.3) is 0 Å². The van der Waals surface area contributed by atoms with Crippen LogP contribution in [0.2, 0.25) is 0 Å². The van der Waals surface area contributed by atoms with E-state index in [-0.39, 0.29) is 51.5 Å². The first-order valence-corrected chi connectivity index (χ1v) is 15.3. The van der Waals surface area contributed by atoms with Crippen LogP contribution in [0.25, 0.3) is 10.8 Å². The molecule has 0 radical (unpaired) electrons. The number of hydrogen-bond acceptors (Lipinski definition) is 10. The summed E-state index contributed by atoms with van der Waals surface area (Å²) in [5.41, 5.74) is 1.58. The number of carboxylic acid groups (broad SMARTS) is 2. The molecule has 0 saturated carbocycles. The molecule has 1 unspecified atom stereocenters. The van der Waals surface area contributed by atoms with Gasteiger partial charge in [-0.2, -0.15) is 0 Å². The van der Waals surface area contributed by atoms with E-state index >= 15 is 0 Å². The highest BCUT2D eigenvalue weighted by Gasteiger charge is 2.37. The van der Waals surface area contributed by atoms with E-state index in [0.717, 1.165) is 11.1 Å². The average molecular weight is 654 g/mol. The maximum absolute atomic E-state index is 13.6. The predicted molar refractivity (Wildman–Crippen MR) is 170 cm³/mol. The predicted octanol–water partition coefficient (Wildman–Crippen LogP) is 2.04. The second-order valence-corrected chi connectivity index (χ2v) is 11.5. The number of benzene rings is 2. The molecular formula is C32H39N5O10. The number of aliphatic carboxylic acids is 2. The molecule has 0 bridgehead atoms. The molecular weight excluding hydrogens is 614 g/mol. The summed E-state index contributed by atoms with van der Waals surface area (Å²) in [4.78, 5) is 101. The first-order chi connectivity index (χ1) is 22.3. The van der Waals surface area contributed by atoms with Crippen LogP contribution < -0.4 is 20.9 Å². The molecule has 2 aromatic rings. The number of nitroso groups, excluding NO2 is 1. The maximum atomic E-state index is 13.6. The van der Waals surface area contributed by atoms with Crippen molar-refractivity contribution in [2.24, 2.45) is 11.1 Å². The van der Waals surface area contributed by atoms with Crippen LogP contribution in [-0.4, -0.2) is 90.2 Å². The number of rotatable bonds is 18. The van der Waals surface area contributed by atoms with Gasteiger partial charge in [0, 0.05) is 61.1 Å². The lowest BCUT2D eigenvalue weighted by molar-refractivity contribution is -0.142. The third-order valence-electron chi connectivity index (χ3n) is 8.02. The number of nitrogens with one attached hydrogen (secondary N) is 3. The van der Waals surface area contributed by atoms with Gasteiger partial charge in [-0.1, -0.05) is 30.3 Å². The van der Waals surface area contributed by atoms with Crippen LogP contribution in [0, 0.1) is 10.8 Å². The molecule has 0 aromatic heterocycles. The molecule has 0 aliphatic heterocycles. The van der Waals surface area contributed by atoms with Gasteiger partial charge < -0.3 is 31.1 Å². The monoisotopic (exact) mass is 653 g/mol. The highest BCUT2D eigenvalue weighted by Crippen LogP contribution is 2.38. The SMILES string of the molecule is CC[C@H](N=O)C(=O)N[C@H](CCC1C(=O)c2cccc3c(N(C)C)ccc(c23)C1=O)C(=O)NCC[C@@H](NC(=O)CCCC(=O)O)C(=O)O. The molecule has 1 aliphatic rings. The van der Waals surface area contributed by atoms with Crippen molar-refractivity contribution in [1.82, 2.24) is 16.0 Å². The summed E-state index contributed by atoms with van der Waals surface area (Å²) in [5.74, 6) is -6.69. The lowest BCUT2D eigenvalue weighted by Gasteiger charge is -2.27. The van der Waals surface area contributed by atoms with Crippen LogP contribution in [-0.2, 0) is 24.0 Å². The number of carboxylic acids is 2. The topological polar surface area (TPSA) is 229 Å². The number of anilines is 1. The number of hydrogen-bond donors (Lipinski definition) is 5. The van der Waals surface area contributed by atoms with E-state index in [1.165, 1.54) is 0 Å². The Morgan fingerprint density at radius 2 is 1.57 bits per heavy atom. The average Bonchev–Trinajstić information content (AvgIpc) is 3.02. The lowest BCUT2D eigenvalue weighted by Crippen LogP contribution is -2.50. The van der Waals surface area contributed by atoms with Crippen molar-refractivity contribution < 1.29 is 43.8 Å². The van der Waals surface area contributed by atoms with Crippen molar-refractivity contribution in [3.05, 3.63) is 46.4 Å². The fourth-order valence-electron chi connectivity index (χ4n) is 5.51. The summed E-state index contributed by atoms with van der Waals surface area (Å²) >= 11 is 0. The summed E-state index contributed by atoms with van der Waals surface area (Å²) in [7, 11) is 3.70. The largest absolute Gasteiger partial charge is 0.481 e. The fraction of sp³-hybridized carbons (Fsp3) is 0.469. The summed E-state index contributed by atoms with van der Waals surface area (Å²) in [6, 6.07) is 4.69. The van der Waals surface area contributed by atoms with Crippen molar-refractivity contribution in [1.29, 1.82) is 0 Å². The maximum Gasteiger partial charge on any atom is 0.326 e. The van der Waals surface area contributed by atoms with Crippen molar-refractivity contribution in [3.63, 3.8) is 0 Å². The van der Waals surface area contributed by atoms with E-state index < -0.39 is 65.3 Å². The normalized spacial score (nSPS) is 15.7. The van der Waals surface area contributed by atoms with Gasteiger partial charge in [-0.15, -0.1) is 4.91 Å². The van der Waals surface area contributed by atoms with Crippen molar-refractivity contribution in [2.75, 3.05) is 25.5 Å². The molecule has 4 atom stereocenters. The molecule has 252 valence electrons. The second-order valence-electron chi connectivity index (χ2n) is 11.5. The van der Waals surface area contributed by atoms with Gasteiger partial charge in [0.2, 0.25) is 17.7 Å². The number of carbonyl (C=O) groups excluding carboxylic acids is 5. The minimum absolute atomic E-state index is 0.0177. The van der Waals surface area contributed by atoms with Crippen molar-refractivity contribution in [2.45, 2.75) is 70.0 Å². The Morgan fingerprint density at radius 3 is 2.17 bits per heavy atom. The first kappa shape index (κ1) is 36.3. The molecule has 3 rings (SSSR count). The molecule has 0 fully saturated rings. The van der Waals surface area contributed by atoms with Crippen LogP contribution in [0.4, 0.5) is 5.69 Å². The second kappa shape index (κ2) is 16.4. The highest BCUT2D eigenvalue weighted by atomic mass is 16.4. The Bertz CT molecular complexity index is 1550. The Labute approximate surface area is 270 Å². The number of ketones is 2. The summed E-state index contributed by atoms with van der Waals surface area (Å²) in [6.45, 7) is 1.31. The van der Waals surface area contributed by atoms with Gasteiger partial charge >= 0.3 is 11.9 Å². The van der Waals surface area contributed by atoms with E-state index in [9.17, 15) is 43.6 Å². The smallest absolute Gasteiger partial charge is 0.326 e. The number of nitrogens with zero attached hydrogens (tertiary/aromatic N) is 2. The van der Waals surface area contributed by atoms with E-state index in [1.54, 1.807) is 31.2 Å². The zero-order valence-corrected chi connectivity index (χ0v) is 26.4. The van der Waals surface area contributed by atoms with Crippen molar-refractivity contribution in [3.8, 4) is 0 Å². The van der Waals surface area contributed by atoms with E-state index in [0.29, 0.717) is 16.5 Å². The van der Waals surface area contributed by atoms with E-state index in [2.05, 4.69) is 21.1 Å². The minimum atomic E-state index is -1.39. The third-order valence-corrected chi connectivity index (χ3v) is 8.02. The molecule has 47 heavy (non-hydrogen) atoms. The van der Waals surface area contributed by atoms with Crippen LogP contribution in [0.1, 0.15) is 72.6 Å². The highest BCUT2D eigenvalue weighted by molar-refractivity contribution is 6.30. The minimum Gasteiger partial charge on any atom is -0.481 e. The molecule has 0 saturated heterocycles. The number of Topliss-reactive ketones (excluding diaryl/α,β-unsaturated/α-hetero) is 2. The molecule has 0 spiro atoms. The van der Waals surface area contributed by atoms with Crippen LogP contribution >= 0.6 is 0 Å². The van der Waals surface area contributed by atoms with Crippen LogP contribution in [0.15, 0.2) is 35.5 Å². The van der Waals surface area contributed by atoms with Crippen molar-refractivity contribution >= 4 is 57.7 Å². The molecule has 3 amide bonds. The summed E-state index contributed by atoms with van der Waals surface area (Å²) in [6.07, 6.45) is -0.904. The van der Waals surface area contributed by atoms with E-state index in [1.807, 2.05) is 25.1 Å². The first-order valence-electron chi connectivity index (χ1n) is 15.3. The van der Waals surface area contributed by atoms with Gasteiger partial charge in [-0.25, -0.2) is 4.79 Å². The molecule has 1 aliphatic carbocycles. The Morgan fingerprint density at radius 1 is 0.894 bits per heavy atom. The molecule has 0 heterocycles. The van der Waals surface area contributed by atoms with Gasteiger partial charge in [-0.05, 0) is 44.2 Å². The molecule has 2 aromatic carbocycles. The summed E-state index contributed by atoms with van der Waals surface area (Å²) < 4.78 is 0. The number of carbonyl (C=O) groups is 7. The fourth-order valence-corrected chi connectivity index (χ4v) is 5.51. The lowest BCUT2D eigenvalue weighted by atomic mass is 9.77. The van der Waals surface area contributed by atoms with Gasteiger partial charge in [0.1, 0.15) is 12.1 Å². The quantitative estimate of drug-likeness (QED) is 0.115. The molecule has 15 nitrogen and oxygen atoms in total.